The minimum atomic E-state index is -1.71. The molecule has 5 heterocycles. The van der Waals surface area contributed by atoms with E-state index in [0.29, 0.717) is 19.4 Å². The molecule has 0 spiro atoms. The Kier molecular flexibility index (Phi) is 31.3. The fourth-order valence-electron chi connectivity index (χ4n) is 9.98. The molecular formula is C81H94Cl3N5O7. The minimum Gasteiger partial charge on any atom is -0.449 e. The topological polar surface area (TPSA) is 120 Å². The molecule has 0 saturated carbocycles. The lowest BCUT2D eigenvalue weighted by Crippen LogP contribution is -2.43. The first kappa shape index (κ1) is 76.3. The van der Waals surface area contributed by atoms with Gasteiger partial charge in [0.1, 0.15) is 0 Å². The van der Waals surface area contributed by atoms with Gasteiger partial charge in [0, 0.05) is 110 Å². The molecule has 0 N–H and O–H groups in total. The van der Waals surface area contributed by atoms with Gasteiger partial charge >= 0.3 is 12.2 Å². The molecule has 0 atom stereocenters. The van der Waals surface area contributed by atoms with Gasteiger partial charge in [-0.15, -0.1) is 0 Å². The van der Waals surface area contributed by atoms with Crippen molar-refractivity contribution in [3.05, 3.63) is 302 Å². The van der Waals surface area contributed by atoms with Crippen molar-refractivity contribution >= 4 is 64.7 Å². The van der Waals surface area contributed by atoms with Gasteiger partial charge < -0.3 is 9.47 Å². The van der Waals surface area contributed by atoms with Crippen molar-refractivity contribution in [1.82, 2.24) is 24.5 Å². The lowest BCUT2D eigenvalue weighted by atomic mass is 9.93. The number of rotatable bonds is 16. The summed E-state index contributed by atoms with van der Waals surface area (Å²) in [6, 6.07) is 51.0. The number of hydrogen-bond acceptors (Lipinski definition) is 7. The number of carbonyl (C=O) groups is 5. The fraction of sp³-hybridized carbons (Fsp3) is 0.321. The Morgan fingerprint density at radius 1 is 0.365 bits per heavy atom. The maximum Gasteiger partial charge on any atom is 0.418 e. The van der Waals surface area contributed by atoms with Gasteiger partial charge in [0.2, 0.25) is 21.5 Å². The van der Waals surface area contributed by atoms with Crippen LogP contribution in [0.25, 0.3) is 0 Å². The van der Waals surface area contributed by atoms with Gasteiger partial charge in [-0.3, -0.25) is 38.9 Å². The molecule has 5 amide bonds. The van der Waals surface area contributed by atoms with Crippen molar-refractivity contribution in [3.8, 4) is 0 Å². The number of alkyl halides is 3. The molecular weight excluding hydrogens is 1260 g/mol. The molecule has 96 heavy (non-hydrogen) atoms. The van der Waals surface area contributed by atoms with E-state index in [-0.39, 0.29) is 58.8 Å². The summed E-state index contributed by atoms with van der Waals surface area (Å²) in [7, 11) is 0. The summed E-state index contributed by atoms with van der Waals surface area (Å²) in [5, 5.41) is 0. The Hall–Kier alpha value is -8.68. The highest BCUT2D eigenvalue weighted by molar-refractivity contribution is 6.68. The van der Waals surface area contributed by atoms with Crippen LogP contribution in [-0.2, 0) is 23.9 Å². The van der Waals surface area contributed by atoms with Crippen LogP contribution in [-0.4, -0.2) is 70.4 Å². The van der Waals surface area contributed by atoms with E-state index in [1.807, 2.05) is 211 Å². The quantitative estimate of drug-likeness (QED) is 0.0713. The average Bonchev–Trinajstić information content (AvgIpc) is 0.846. The SMILES string of the molecule is CC(C)(C)C(=O)N1C=CC(c2ccccc2)C=C1.CC(C)(OC(=O)N1C=CC(c2ccccc2)C=C1)C(Cl)(Cl)Cl.CCC(=O)N1C=CC(c2ccccc2)C=C1.CCCC(=O)N1C=CC(c2ccccc2)C=C1.CCCCCCCCOC(=O)N1C=CC(c2ccccc2)C=C1. The number of nitrogens with zero attached hydrogens (tertiary/aromatic N) is 5. The van der Waals surface area contributed by atoms with E-state index in [9.17, 15) is 24.0 Å². The van der Waals surface area contributed by atoms with E-state index in [1.54, 1.807) is 53.3 Å². The lowest BCUT2D eigenvalue weighted by molar-refractivity contribution is -0.134. The molecule has 10 rings (SSSR count). The van der Waals surface area contributed by atoms with Gasteiger partial charge in [-0.2, -0.15) is 0 Å². The number of benzene rings is 5. The Bertz CT molecular complexity index is 3470. The maximum atomic E-state index is 12.1. The molecule has 5 aliphatic rings. The van der Waals surface area contributed by atoms with E-state index in [1.165, 1.54) is 57.7 Å². The van der Waals surface area contributed by atoms with Crippen molar-refractivity contribution in [1.29, 1.82) is 0 Å². The number of ether oxygens (including phenoxy) is 2. The summed E-state index contributed by atoms with van der Waals surface area (Å²) >= 11 is 17.4. The highest BCUT2D eigenvalue weighted by Gasteiger charge is 2.45. The number of allylic oxidation sites excluding steroid dienone is 10. The third kappa shape index (κ3) is 25.1. The Morgan fingerprint density at radius 3 is 0.958 bits per heavy atom. The van der Waals surface area contributed by atoms with Crippen molar-refractivity contribution in [3.63, 3.8) is 0 Å². The summed E-state index contributed by atoms with van der Waals surface area (Å²) in [4.78, 5) is 67.1. The molecule has 0 fully saturated rings. The summed E-state index contributed by atoms with van der Waals surface area (Å²) in [6.45, 7) is 15.5. The van der Waals surface area contributed by atoms with Gasteiger partial charge in [0.25, 0.3) is 0 Å². The van der Waals surface area contributed by atoms with Crippen LogP contribution >= 0.6 is 34.8 Å². The Balaban J connectivity index is 0.000000191. The van der Waals surface area contributed by atoms with Crippen LogP contribution in [0.5, 0.6) is 0 Å². The highest BCUT2D eigenvalue weighted by atomic mass is 35.6. The van der Waals surface area contributed by atoms with Crippen LogP contribution in [0.2, 0.25) is 0 Å². The molecule has 506 valence electrons. The number of halogens is 3. The summed E-state index contributed by atoms with van der Waals surface area (Å²) in [5.74, 6) is 1.55. The van der Waals surface area contributed by atoms with E-state index >= 15 is 0 Å². The zero-order chi connectivity index (χ0) is 69.4. The minimum absolute atomic E-state index is 0.113. The average molecular weight is 1360 g/mol. The van der Waals surface area contributed by atoms with E-state index in [4.69, 9.17) is 44.3 Å². The summed E-state index contributed by atoms with van der Waals surface area (Å²) in [5.41, 5.74) is 4.51. The van der Waals surface area contributed by atoms with Crippen molar-refractivity contribution < 1.29 is 33.4 Å². The van der Waals surface area contributed by atoms with Crippen molar-refractivity contribution in [2.45, 2.75) is 152 Å². The summed E-state index contributed by atoms with van der Waals surface area (Å²) in [6.07, 6.45) is 46.5. The van der Waals surface area contributed by atoms with Crippen molar-refractivity contribution in [2.24, 2.45) is 5.41 Å². The standard InChI is InChI=1S/C20H27NO2.C16H16Cl3NO2.C16H19NO.C15H17NO.C14H15NO/c1-2-3-4-5-6-10-17-23-20(22)21-15-13-19(14-16-21)18-11-8-7-9-12-18;1-15(2,16(17,18)19)22-14(21)20-10-8-13(9-11-20)12-6-4-3-5-7-12;1-16(2,3)15(18)17-11-9-14(10-12-17)13-7-5-4-6-8-13;1-2-6-15(17)16-11-9-14(10-12-16)13-7-4-3-5-8-13;1-2-14(16)15-10-8-13(9-11-15)12-6-4-3-5-7-12/h7-9,11-16,19H,2-6,10,17H2,1H3;3-11,13H,1-2H3;4-12,14H,1-3H3;3-5,7-12,14H,2,6H2,1H3;3-11,13H,2H2,1H3. The molecule has 0 unspecified atom stereocenters. The maximum absolute atomic E-state index is 12.1. The molecule has 12 nitrogen and oxygen atoms in total. The third-order valence-electron chi connectivity index (χ3n) is 15.9. The smallest absolute Gasteiger partial charge is 0.418 e. The highest BCUT2D eigenvalue weighted by Crippen LogP contribution is 2.41. The van der Waals surface area contributed by atoms with Crippen LogP contribution in [0.3, 0.4) is 0 Å². The molecule has 5 aromatic carbocycles. The zero-order valence-electron chi connectivity index (χ0n) is 56.7. The van der Waals surface area contributed by atoms with E-state index in [0.717, 1.165) is 24.8 Å². The lowest BCUT2D eigenvalue weighted by Gasteiger charge is -2.33. The molecule has 0 aromatic heterocycles. The Labute approximate surface area is 585 Å². The van der Waals surface area contributed by atoms with Crippen LogP contribution in [0.1, 0.15) is 171 Å². The largest absolute Gasteiger partial charge is 0.449 e. The number of amides is 5. The van der Waals surface area contributed by atoms with Gasteiger partial charge in [0.15, 0.2) is 5.60 Å². The van der Waals surface area contributed by atoms with Crippen molar-refractivity contribution in [2.75, 3.05) is 6.61 Å². The number of carbonyl (C=O) groups excluding carboxylic acids is 5. The van der Waals surface area contributed by atoms with Crippen LogP contribution < -0.4 is 0 Å². The molecule has 15 heteroatoms. The molecule has 5 aromatic rings. The second kappa shape index (κ2) is 39.4. The second-order valence-electron chi connectivity index (χ2n) is 24.8. The molecule has 0 radical (unpaired) electrons. The van der Waals surface area contributed by atoms with Gasteiger partial charge in [-0.1, -0.05) is 321 Å². The second-order valence-corrected chi connectivity index (χ2v) is 27.1. The number of hydrogen-bond donors (Lipinski definition) is 0. The normalized spacial score (nSPS) is 15.3. The Morgan fingerprint density at radius 2 is 0.656 bits per heavy atom. The molecule has 0 aliphatic carbocycles. The van der Waals surface area contributed by atoms with E-state index < -0.39 is 15.5 Å². The molecule has 5 aliphatic heterocycles. The van der Waals surface area contributed by atoms with Gasteiger partial charge in [-0.25, -0.2) is 9.59 Å². The molecule has 0 bridgehead atoms. The van der Waals surface area contributed by atoms with E-state index in [2.05, 4.69) is 79.8 Å². The van der Waals surface area contributed by atoms with Crippen LogP contribution in [0.4, 0.5) is 9.59 Å². The van der Waals surface area contributed by atoms with Gasteiger partial charge in [-0.05, 0) is 54.5 Å². The van der Waals surface area contributed by atoms with Crippen LogP contribution in [0.15, 0.2) is 274 Å². The third-order valence-corrected chi connectivity index (χ3v) is 17.2. The first-order valence-corrected chi connectivity index (χ1v) is 34.3. The molecule has 0 saturated heterocycles. The van der Waals surface area contributed by atoms with Gasteiger partial charge in [0.05, 0.1) is 6.61 Å². The fourth-order valence-corrected chi connectivity index (χ4v) is 10.1. The predicted octanol–water partition coefficient (Wildman–Crippen LogP) is 21.2. The monoisotopic (exact) mass is 1350 g/mol. The first-order chi connectivity index (χ1) is 46.1. The zero-order valence-corrected chi connectivity index (χ0v) is 58.9. The first-order valence-electron chi connectivity index (χ1n) is 33.2. The van der Waals surface area contributed by atoms with Crippen LogP contribution in [0, 0.1) is 5.41 Å². The summed E-state index contributed by atoms with van der Waals surface area (Å²) < 4.78 is 8.87. The predicted molar refractivity (Wildman–Crippen MR) is 392 cm³/mol. The number of unbranched alkanes of at least 4 members (excludes halogenated alkanes) is 5.